The molecular weight excluding hydrogens is 364 g/mol. The first kappa shape index (κ1) is 17.9. The van der Waals surface area contributed by atoms with Crippen molar-refractivity contribution >= 4 is 23.1 Å². The Hall–Kier alpha value is -3.20. The van der Waals surface area contributed by atoms with Gasteiger partial charge in [-0.05, 0) is 55.4 Å². The highest BCUT2D eigenvalue weighted by molar-refractivity contribution is 6.07. The molecule has 1 fully saturated rings. The number of rotatable bonds is 3. The normalized spacial score (nSPS) is 23.3. The number of carbonyl (C=O) groups is 1. The van der Waals surface area contributed by atoms with Gasteiger partial charge in [-0.2, -0.15) is 5.10 Å². The highest BCUT2D eigenvalue weighted by Crippen LogP contribution is 2.44. The molecule has 1 saturated carbocycles. The maximum Gasteiger partial charge on any atom is 0.354 e. The molecular formula is C23H22N4O2. The van der Waals surface area contributed by atoms with Crippen LogP contribution in [0.3, 0.4) is 0 Å². The van der Waals surface area contributed by atoms with E-state index < -0.39 is 5.97 Å². The van der Waals surface area contributed by atoms with E-state index in [2.05, 4.69) is 14.8 Å². The Morgan fingerprint density at radius 1 is 1.17 bits per heavy atom. The van der Waals surface area contributed by atoms with Crippen molar-refractivity contribution in [1.82, 2.24) is 4.98 Å². The number of pyridine rings is 1. The van der Waals surface area contributed by atoms with Crippen molar-refractivity contribution < 1.29 is 9.90 Å². The zero-order chi connectivity index (χ0) is 20.0. The summed E-state index contributed by atoms with van der Waals surface area (Å²) in [7, 11) is 0. The van der Waals surface area contributed by atoms with Gasteiger partial charge in [0.2, 0.25) is 0 Å². The molecule has 29 heavy (non-hydrogen) atoms. The van der Waals surface area contributed by atoms with E-state index in [4.69, 9.17) is 11.7 Å². The van der Waals surface area contributed by atoms with E-state index in [0.29, 0.717) is 23.6 Å². The number of hydrogen-bond acceptors (Lipinski definition) is 4. The fourth-order valence-corrected chi connectivity index (χ4v) is 5.25. The first-order valence-electron chi connectivity index (χ1n) is 10.2. The molecule has 6 nitrogen and oxygen atoms in total. The molecule has 1 aromatic heterocycles. The standard InChI is InChI=1S/C23H22N4O2/c1-24-16-7-9-17(10-8-16)27-22(14-4-2-3-5-14)18-11-6-15-12-20(23(28)29)25-13-19(15)21(18)26-27/h7-10,12-14,18,22H,2-6,11H2,(H,28,29). The van der Waals surface area contributed by atoms with Gasteiger partial charge in [0.1, 0.15) is 5.69 Å². The number of anilines is 1. The Bertz CT molecular complexity index is 1030. The summed E-state index contributed by atoms with van der Waals surface area (Å²) in [5.41, 5.74) is 4.82. The lowest BCUT2D eigenvalue weighted by molar-refractivity contribution is 0.0690. The number of aromatic nitrogens is 1. The van der Waals surface area contributed by atoms with Crippen LogP contribution in [0, 0.1) is 18.4 Å². The van der Waals surface area contributed by atoms with E-state index in [1.165, 1.54) is 25.7 Å². The second-order valence-corrected chi connectivity index (χ2v) is 8.17. The molecule has 1 aliphatic heterocycles. The molecule has 5 rings (SSSR count). The molecule has 0 saturated heterocycles. The van der Waals surface area contributed by atoms with Crippen molar-refractivity contribution in [3.8, 4) is 0 Å². The highest BCUT2D eigenvalue weighted by atomic mass is 16.4. The highest BCUT2D eigenvalue weighted by Gasteiger charge is 2.45. The average Bonchev–Trinajstić information content (AvgIpc) is 3.40. The summed E-state index contributed by atoms with van der Waals surface area (Å²) in [6.45, 7) is 7.19. The van der Waals surface area contributed by atoms with Crippen LogP contribution in [0.4, 0.5) is 11.4 Å². The Labute approximate surface area is 169 Å². The molecule has 0 bridgehead atoms. The molecule has 2 unspecified atom stereocenters. The van der Waals surface area contributed by atoms with Gasteiger partial charge >= 0.3 is 5.97 Å². The second kappa shape index (κ2) is 7.00. The quantitative estimate of drug-likeness (QED) is 0.778. The first-order chi connectivity index (χ1) is 14.2. The molecule has 146 valence electrons. The van der Waals surface area contributed by atoms with Crippen LogP contribution in [-0.4, -0.2) is 27.8 Å². The van der Waals surface area contributed by atoms with Crippen molar-refractivity contribution in [2.45, 2.75) is 44.6 Å². The lowest BCUT2D eigenvalue weighted by Crippen LogP contribution is -2.40. The van der Waals surface area contributed by atoms with Gasteiger partial charge in [-0.15, -0.1) is 0 Å². The Morgan fingerprint density at radius 2 is 1.93 bits per heavy atom. The second-order valence-electron chi connectivity index (χ2n) is 8.17. The molecule has 1 N–H and O–H groups in total. The number of benzene rings is 1. The fourth-order valence-electron chi connectivity index (χ4n) is 5.25. The van der Waals surface area contributed by atoms with Gasteiger partial charge in [0.25, 0.3) is 0 Å². The lowest BCUT2D eigenvalue weighted by Gasteiger charge is -2.34. The third kappa shape index (κ3) is 2.98. The summed E-state index contributed by atoms with van der Waals surface area (Å²) in [6.07, 6.45) is 8.53. The van der Waals surface area contributed by atoms with E-state index in [9.17, 15) is 9.90 Å². The summed E-state index contributed by atoms with van der Waals surface area (Å²) >= 11 is 0. The van der Waals surface area contributed by atoms with Crippen LogP contribution < -0.4 is 5.01 Å². The SMILES string of the molecule is [C-]#[N+]c1ccc(N2N=C3c4cnc(C(=O)O)cc4CCC3C2C2CCCC2)cc1. The zero-order valence-electron chi connectivity index (χ0n) is 16.1. The van der Waals surface area contributed by atoms with Gasteiger partial charge in [0.15, 0.2) is 5.69 Å². The largest absolute Gasteiger partial charge is 0.477 e. The van der Waals surface area contributed by atoms with E-state index in [0.717, 1.165) is 35.4 Å². The van der Waals surface area contributed by atoms with Gasteiger partial charge in [0, 0.05) is 17.7 Å². The Balaban J connectivity index is 1.57. The minimum Gasteiger partial charge on any atom is -0.477 e. The summed E-state index contributed by atoms with van der Waals surface area (Å²) < 4.78 is 0. The number of aryl methyl sites for hydroxylation is 1. The molecule has 0 amide bonds. The Morgan fingerprint density at radius 3 is 2.62 bits per heavy atom. The van der Waals surface area contributed by atoms with Crippen molar-refractivity contribution in [3.05, 3.63) is 64.8 Å². The van der Waals surface area contributed by atoms with E-state index in [-0.39, 0.29) is 5.69 Å². The lowest BCUT2D eigenvalue weighted by atomic mass is 9.75. The third-order valence-electron chi connectivity index (χ3n) is 6.60. The van der Waals surface area contributed by atoms with Gasteiger partial charge in [-0.1, -0.05) is 25.0 Å². The molecule has 0 radical (unpaired) electrons. The van der Waals surface area contributed by atoms with Crippen LogP contribution in [0.5, 0.6) is 0 Å². The minimum absolute atomic E-state index is 0.0970. The zero-order valence-corrected chi connectivity index (χ0v) is 16.1. The minimum atomic E-state index is -0.992. The van der Waals surface area contributed by atoms with Crippen LogP contribution in [0.1, 0.15) is 53.7 Å². The van der Waals surface area contributed by atoms with Crippen LogP contribution in [-0.2, 0) is 6.42 Å². The number of carboxylic acids is 1. The topological polar surface area (TPSA) is 70.2 Å². The smallest absolute Gasteiger partial charge is 0.354 e. The molecule has 2 atom stereocenters. The fraction of sp³-hybridized carbons (Fsp3) is 0.391. The van der Waals surface area contributed by atoms with Crippen LogP contribution in [0.25, 0.3) is 4.85 Å². The summed E-state index contributed by atoms with van der Waals surface area (Å²) in [5, 5.41) is 16.5. The van der Waals surface area contributed by atoms with Crippen molar-refractivity contribution in [2.24, 2.45) is 16.9 Å². The van der Waals surface area contributed by atoms with Gasteiger partial charge in [0.05, 0.1) is 24.0 Å². The molecule has 6 heteroatoms. The maximum absolute atomic E-state index is 11.3. The molecule has 1 aromatic carbocycles. The van der Waals surface area contributed by atoms with E-state index in [1.54, 1.807) is 12.3 Å². The third-order valence-corrected chi connectivity index (χ3v) is 6.60. The number of aromatic carboxylic acids is 1. The monoisotopic (exact) mass is 386 g/mol. The maximum atomic E-state index is 11.3. The number of carboxylic acid groups (broad SMARTS) is 1. The van der Waals surface area contributed by atoms with Crippen LogP contribution in [0.2, 0.25) is 0 Å². The molecule has 2 aromatic rings. The molecule has 2 heterocycles. The number of hydrogen-bond donors (Lipinski definition) is 1. The predicted octanol–water partition coefficient (Wildman–Crippen LogP) is 4.68. The molecule has 0 spiro atoms. The van der Waals surface area contributed by atoms with Gasteiger partial charge in [-0.25, -0.2) is 14.6 Å². The predicted molar refractivity (Wildman–Crippen MR) is 110 cm³/mol. The van der Waals surface area contributed by atoms with Crippen molar-refractivity contribution in [1.29, 1.82) is 0 Å². The van der Waals surface area contributed by atoms with Gasteiger partial charge in [-0.3, -0.25) is 5.01 Å². The summed E-state index contributed by atoms with van der Waals surface area (Å²) in [4.78, 5) is 19.0. The number of hydrazone groups is 1. The van der Waals surface area contributed by atoms with E-state index >= 15 is 0 Å². The van der Waals surface area contributed by atoms with Crippen LogP contribution >= 0.6 is 0 Å². The average molecular weight is 386 g/mol. The van der Waals surface area contributed by atoms with Crippen molar-refractivity contribution in [2.75, 3.05) is 5.01 Å². The Kier molecular flexibility index (Phi) is 4.31. The number of fused-ring (bicyclic) bond motifs is 3. The molecule has 2 aliphatic carbocycles. The first-order valence-corrected chi connectivity index (χ1v) is 10.2. The number of nitrogens with zero attached hydrogens (tertiary/aromatic N) is 4. The molecule has 3 aliphatic rings. The summed E-state index contributed by atoms with van der Waals surface area (Å²) in [5.74, 6) is -0.0492. The van der Waals surface area contributed by atoms with E-state index in [1.807, 2.05) is 24.3 Å². The van der Waals surface area contributed by atoms with Crippen LogP contribution in [0.15, 0.2) is 41.6 Å². The van der Waals surface area contributed by atoms with Crippen molar-refractivity contribution in [3.63, 3.8) is 0 Å². The summed E-state index contributed by atoms with van der Waals surface area (Å²) in [6, 6.07) is 9.70. The van der Waals surface area contributed by atoms with Gasteiger partial charge < -0.3 is 5.11 Å².